The van der Waals surface area contributed by atoms with Crippen LogP contribution in [0.1, 0.15) is 29.4 Å². The normalized spacial score (nSPS) is 11.5. The summed E-state index contributed by atoms with van der Waals surface area (Å²) in [5.74, 6) is 0.721. The molecule has 0 fully saturated rings. The van der Waals surface area contributed by atoms with Gasteiger partial charge in [0.1, 0.15) is 5.75 Å². The van der Waals surface area contributed by atoms with Gasteiger partial charge in [-0.25, -0.2) is 0 Å². The smallest absolute Gasteiger partial charge is 0.251 e. The first-order chi connectivity index (χ1) is 13.5. The fourth-order valence-corrected chi connectivity index (χ4v) is 2.61. The molecule has 28 heavy (non-hydrogen) atoms. The summed E-state index contributed by atoms with van der Waals surface area (Å²) >= 11 is 0. The van der Waals surface area contributed by atoms with Crippen molar-refractivity contribution in [3.05, 3.63) is 71.9 Å². The molecule has 2 amide bonds. The van der Waals surface area contributed by atoms with E-state index in [0.717, 1.165) is 5.69 Å². The van der Waals surface area contributed by atoms with Crippen molar-refractivity contribution in [1.29, 1.82) is 0 Å². The van der Waals surface area contributed by atoms with E-state index in [-0.39, 0.29) is 24.3 Å². The Kier molecular flexibility index (Phi) is 6.06. The fourth-order valence-electron chi connectivity index (χ4n) is 2.61. The molecule has 144 valence electrons. The molecule has 0 radical (unpaired) electrons. The van der Waals surface area contributed by atoms with E-state index in [2.05, 4.69) is 20.8 Å². The number of aromatic amines is 1. The maximum atomic E-state index is 12.2. The van der Waals surface area contributed by atoms with Crippen molar-refractivity contribution in [2.75, 3.05) is 5.32 Å². The molecule has 1 atom stereocenters. The van der Waals surface area contributed by atoms with Crippen LogP contribution >= 0.6 is 0 Å². The lowest BCUT2D eigenvalue weighted by Crippen LogP contribution is -2.35. The van der Waals surface area contributed by atoms with Gasteiger partial charge < -0.3 is 15.4 Å². The van der Waals surface area contributed by atoms with E-state index in [0.29, 0.717) is 22.9 Å². The standard InChI is InChI=1S/C21H22N4O3/c1-14(22-21(27)16-6-4-3-5-7-16)12-19(26)23-17-8-10-18(11-9-17)28-20-13-15(2)24-25-20/h3-11,13-14H,12H2,1-2H3,(H,22,27)(H,23,26)(H,24,25)/t14-/m0/s1. The SMILES string of the molecule is Cc1cc(Oc2ccc(NC(=O)C[C@H](C)NC(=O)c3ccccc3)cc2)n[nH]1. The Morgan fingerprint density at radius 2 is 1.82 bits per heavy atom. The Bertz CT molecular complexity index is 936. The molecule has 0 saturated carbocycles. The molecule has 0 unspecified atom stereocenters. The monoisotopic (exact) mass is 378 g/mol. The van der Waals surface area contributed by atoms with Crippen molar-refractivity contribution < 1.29 is 14.3 Å². The minimum Gasteiger partial charge on any atom is -0.438 e. The molecule has 0 bridgehead atoms. The van der Waals surface area contributed by atoms with E-state index < -0.39 is 0 Å². The molecule has 7 nitrogen and oxygen atoms in total. The van der Waals surface area contributed by atoms with Gasteiger partial charge in [-0.05, 0) is 50.2 Å². The van der Waals surface area contributed by atoms with Gasteiger partial charge in [0.2, 0.25) is 11.8 Å². The summed E-state index contributed by atoms with van der Waals surface area (Å²) in [7, 11) is 0. The number of amides is 2. The topological polar surface area (TPSA) is 96.1 Å². The van der Waals surface area contributed by atoms with E-state index in [1.54, 1.807) is 61.5 Å². The summed E-state index contributed by atoms with van der Waals surface area (Å²) in [6.45, 7) is 3.69. The third-order valence-electron chi connectivity index (χ3n) is 3.95. The van der Waals surface area contributed by atoms with Gasteiger partial charge in [0.25, 0.3) is 5.91 Å². The molecule has 1 heterocycles. The Morgan fingerprint density at radius 1 is 1.11 bits per heavy atom. The zero-order valence-electron chi connectivity index (χ0n) is 15.7. The van der Waals surface area contributed by atoms with Crippen LogP contribution < -0.4 is 15.4 Å². The maximum absolute atomic E-state index is 12.2. The van der Waals surface area contributed by atoms with Crippen molar-refractivity contribution >= 4 is 17.5 Å². The fraction of sp³-hybridized carbons (Fsp3) is 0.190. The molecule has 3 rings (SSSR count). The number of benzene rings is 2. The zero-order chi connectivity index (χ0) is 19.9. The van der Waals surface area contributed by atoms with Crippen molar-refractivity contribution in [3.8, 4) is 11.6 Å². The Hall–Kier alpha value is -3.61. The van der Waals surface area contributed by atoms with Gasteiger partial charge in [0.15, 0.2) is 0 Å². The van der Waals surface area contributed by atoms with Gasteiger partial charge in [-0.2, -0.15) is 0 Å². The van der Waals surface area contributed by atoms with E-state index in [9.17, 15) is 9.59 Å². The molecule has 2 aromatic carbocycles. The predicted molar refractivity (Wildman–Crippen MR) is 106 cm³/mol. The van der Waals surface area contributed by atoms with Crippen molar-refractivity contribution in [3.63, 3.8) is 0 Å². The first kappa shape index (κ1) is 19.2. The van der Waals surface area contributed by atoms with Crippen LogP contribution in [0.4, 0.5) is 5.69 Å². The average Bonchev–Trinajstić information content (AvgIpc) is 3.08. The lowest BCUT2D eigenvalue weighted by Gasteiger charge is -2.14. The average molecular weight is 378 g/mol. The number of hydrogen-bond donors (Lipinski definition) is 3. The molecule has 0 spiro atoms. The number of aromatic nitrogens is 2. The van der Waals surface area contributed by atoms with Crippen LogP contribution in [0.5, 0.6) is 11.6 Å². The van der Waals surface area contributed by atoms with Crippen LogP contribution in [-0.4, -0.2) is 28.1 Å². The summed E-state index contributed by atoms with van der Waals surface area (Å²) in [5.41, 5.74) is 2.13. The number of nitrogens with zero attached hydrogens (tertiary/aromatic N) is 1. The van der Waals surface area contributed by atoms with Crippen LogP contribution in [0.15, 0.2) is 60.7 Å². The van der Waals surface area contributed by atoms with Crippen molar-refractivity contribution in [2.45, 2.75) is 26.3 Å². The summed E-state index contributed by atoms with van der Waals surface area (Å²) in [4.78, 5) is 24.3. The number of nitrogens with one attached hydrogen (secondary N) is 3. The summed E-state index contributed by atoms with van der Waals surface area (Å²) in [5, 5.41) is 12.4. The number of ether oxygens (including phenoxy) is 1. The first-order valence-corrected chi connectivity index (χ1v) is 8.95. The van der Waals surface area contributed by atoms with Crippen LogP contribution in [0.2, 0.25) is 0 Å². The van der Waals surface area contributed by atoms with Crippen LogP contribution in [0, 0.1) is 6.92 Å². The van der Waals surface area contributed by atoms with Gasteiger partial charge in [0.05, 0.1) is 0 Å². The number of aryl methyl sites for hydroxylation is 1. The second-order valence-corrected chi connectivity index (χ2v) is 6.51. The highest BCUT2D eigenvalue weighted by Gasteiger charge is 2.13. The molecule has 0 aliphatic heterocycles. The van der Waals surface area contributed by atoms with E-state index >= 15 is 0 Å². The summed E-state index contributed by atoms with van der Waals surface area (Å²) in [6.07, 6.45) is 0.170. The number of rotatable bonds is 7. The second-order valence-electron chi connectivity index (χ2n) is 6.51. The molecule has 7 heteroatoms. The first-order valence-electron chi connectivity index (χ1n) is 8.95. The highest BCUT2D eigenvalue weighted by molar-refractivity contribution is 5.95. The van der Waals surface area contributed by atoms with Gasteiger partial charge in [0, 0.05) is 35.5 Å². The van der Waals surface area contributed by atoms with Gasteiger partial charge in [-0.1, -0.05) is 18.2 Å². The van der Waals surface area contributed by atoms with Crippen molar-refractivity contribution in [2.24, 2.45) is 0 Å². The third-order valence-corrected chi connectivity index (χ3v) is 3.95. The molecule has 0 aliphatic rings. The molecule has 1 aromatic heterocycles. The Balaban J connectivity index is 1.48. The van der Waals surface area contributed by atoms with Crippen LogP contribution in [0.25, 0.3) is 0 Å². The predicted octanol–water partition coefficient (Wildman–Crippen LogP) is 3.66. The molecule has 0 saturated heterocycles. The van der Waals surface area contributed by atoms with Crippen LogP contribution in [-0.2, 0) is 4.79 Å². The van der Waals surface area contributed by atoms with E-state index in [1.165, 1.54) is 0 Å². The highest BCUT2D eigenvalue weighted by atomic mass is 16.5. The molecular weight excluding hydrogens is 356 g/mol. The van der Waals surface area contributed by atoms with E-state index in [4.69, 9.17) is 4.74 Å². The maximum Gasteiger partial charge on any atom is 0.251 e. The summed E-state index contributed by atoms with van der Waals surface area (Å²) in [6, 6.07) is 17.4. The minimum absolute atomic E-state index is 0.170. The van der Waals surface area contributed by atoms with Crippen molar-refractivity contribution in [1.82, 2.24) is 15.5 Å². The Labute approximate surface area is 163 Å². The zero-order valence-corrected chi connectivity index (χ0v) is 15.7. The molecular formula is C21H22N4O3. The largest absolute Gasteiger partial charge is 0.438 e. The quantitative estimate of drug-likeness (QED) is 0.585. The van der Waals surface area contributed by atoms with Gasteiger partial charge in [-0.15, -0.1) is 5.10 Å². The number of carbonyl (C=O) groups excluding carboxylic acids is 2. The minimum atomic E-state index is -0.293. The van der Waals surface area contributed by atoms with Gasteiger partial charge in [-0.3, -0.25) is 14.7 Å². The number of H-pyrrole nitrogens is 1. The Morgan fingerprint density at radius 3 is 2.46 bits per heavy atom. The number of anilines is 1. The molecule has 0 aliphatic carbocycles. The lowest BCUT2D eigenvalue weighted by molar-refractivity contribution is -0.116. The second kappa shape index (κ2) is 8.85. The molecule has 3 aromatic rings. The number of hydrogen-bond acceptors (Lipinski definition) is 4. The van der Waals surface area contributed by atoms with E-state index in [1.807, 2.05) is 13.0 Å². The number of carbonyl (C=O) groups is 2. The molecule has 3 N–H and O–H groups in total. The highest BCUT2D eigenvalue weighted by Crippen LogP contribution is 2.21. The van der Waals surface area contributed by atoms with Gasteiger partial charge >= 0.3 is 0 Å². The summed E-state index contributed by atoms with van der Waals surface area (Å²) < 4.78 is 5.61. The lowest BCUT2D eigenvalue weighted by atomic mass is 10.1. The van der Waals surface area contributed by atoms with Crippen LogP contribution in [0.3, 0.4) is 0 Å². The third kappa shape index (κ3) is 5.44.